The first-order chi connectivity index (χ1) is 12.0. The zero-order valence-corrected chi connectivity index (χ0v) is 15.5. The van der Waals surface area contributed by atoms with Crippen LogP contribution in [0, 0.1) is 0 Å². The number of benzene rings is 1. The Morgan fingerprint density at radius 1 is 1.24 bits per heavy atom. The van der Waals surface area contributed by atoms with Crippen LogP contribution >= 0.6 is 0 Å². The van der Waals surface area contributed by atoms with Crippen molar-refractivity contribution in [3.63, 3.8) is 0 Å². The van der Waals surface area contributed by atoms with E-state index in [0.717, 1.165) is 50.0 Å². The molecule has 1 heterocycles. The van der Waals surface area contributed by atoms with Crippen LogP contribution in [-0.4, -0.2) is 55.9 Å². The van der Waals surface area contributed by atoms with E-state index in [1.54, 1.807) is 7.11 Å². The largest absolute Gasteiger partial charge is 0.497 e. The van der Waals surface area contributed by atoms with Gasteiger partial charge in [0, 0.05) is 13.0 Å². The molecule has 0 aromatic heterocycles. The Bertz CT molecular complexity index is 671. The average Bonchev–Trinajstić information content (AvgIpc) is 2.83. The number of ether oxygens (including phenoxy) is 1. The van der Waals surface area contributed by atoms with Gasteiger partial charge in [-0.05, 0) is 76.0 Å². The van der Waals surface area contributed by atoms with Crippen molar-refractivity contribution < 1.29 is 14.3 Å². The summed E-state index contributed by atoms with van der Waals surface area (Å²) in [5.41, 5.74) is 1.52. The topological polar surface area (TPSA) is 49.9 Å². The molecule has 5 heteroatoms. The molecular weight excluding hydrogens is 316 g/mol. The van der Waals surface area contributed by atoms with Crippen LogP contribution < -0.4 is 4.74 Å². The number of hydrogen-bond acceptors (Lipinski definition) is 4. The molecule has 1 unspecified atom stereocenters. The van der Waals surface area contributed by atoms with Crippen LogP contribution in [0.1, 0.15) is 43.2 Å². The molecule has 1 aliphatic heterocycles. The molecule has 0 saturated carbocycles. The van der Waals surface area contributed by atoms with E-state index in [1.165, 1.54) is 10.5 Å². The molecule has 136 valence electrons. The molecule has 1 aliphatic carbocycles. The van der Waals surface area contributed by atoms with Gasteiger partial charge < -0.3 is 9.64 Å². The van der Waals surface area contributed by atoms with Crippen molar-refractivity contribution in [1.82, 2.24) is 9.80 Å². The minimum absolute atomic E-state index is 0.00319. The van der Waals surface area contributed by atoms with Crippen LogP contribution in [0.3, 0.4) is 0 Å². The molecule has 0 radical (unpaired) electrons. The fourth-order valence-corrected chi connectivity index (χ4v) is 4.19. The lowest BCUT2D eigenvalue weighted by Gasteiger charge is -2.33. The predicted molar refractivity (Wildman–Crippen MR) is 96.7 cm³/mol. The zero-order chi connectivity index (χ0) is 18.0. The summed E-state index contributed by atoms with van der Waals surface area (Å²) < 4.78 is 5.36. The maximum atomic E-state index is 13.2. The smallest absolute Gasteiger partial charge is 0.240 e. The molecule has 5 nitrogen and oxygen atoms in total. The maximum absolute atomic E-state index is 13.2. The molecule has 0 bridgehead atoms. The summed E-state index contributed by atoms with van der Waals surface area (Å²) >= 11 is 0. The first-order valence-corrected chi connectivity index (χ1v) is 9.15. The van der Waals surface area contributed by atoms with Gasteiger partial charge in [0.15, 0.2) is 0 Å². The molecular formula is C20H28N2O3. The average molecular weight is 344 g/mol. The Balaban J connectivity index is 1.82. The number of aryl methyl sites for hydroxylation is 1. The van der Waals surface area contributed by atoms with E-state index in [4.69, 9.17) is 4.74 Å². The highest BCUT2D eigenvalue weighted by atomic mass is 16.5. The lowest BCUT2D eigenvalue weighted by Crippen LogP contribution is -2.41. The van der Waals surface area contributed by atoms with Crippen molar-refractivity contribution in [3.05, 3.63) is 29.3 Å². The van der Waals surface area contributed by atoms with E-state index in [-0.39, 0.29) is 11.8 Å². The summed E-state index contributed by atoms with van der Waals surface area (Å²) in [6, 6.07) is 5.96. The van der Waals surface area contributed by atoms with Gasteiger partial charge in [0.1, 0.15) is 5.75 Å². The Kier molecular flexibility index (Phi) is 5.13. The lowest BCUT2D eigenvalue weighted by molar-refractivity contribution is -0.140. The molecule has 1 fully saturated rings. The van der Waals surface area contributed by atoms with Gasteiger partial charge in [-0.15, -0.1) is 0 Å². The maximum Gasteiger partial charge on any atom is 0.240 e. The second kappa shape index (κ2) is 7.16. The summed E-state index contributed by atoms with van der Waals surface area (Å²) in [7, 11) is 5.71. The minimum Gasteiger partial charge on any atom is -0.497 e. The van der Waals surface area contributed by atoms with Crippen molar-refractivity contribution in [2.75, 3.05) is 34.3 Å². The standard InChI is InChI=1S/C20H28N2O3/c1-21(2)11-4-5-12-22-18(23)14-20(19(22)24)10-6-7-15-8-9-16(25-3)13-17(15)20/h8-9,13H,4-7,10-12,14H2,1-3H3. The number of nitrogens with zero attached hydrogens (tertiary/aromatic N) is 2. The number of rotatable bonds is 6. The van der Waals surface area contributed by atoms with E-state index < -0.39 is 5.41 Å². The normalized spacial score (nSPS) is 22.8. The number of carbonyl (C=O) groups excluding carboxylic acids is 2. The molecule has 2 aliphatic rings. The Hall–Kier alpha value is -1.88. The van der Waals surface area contributed by atoms with Crippen LogP contribution in [0.4, 0.5) is 0 Å². The molecule has 1 aromatic rings. The van der Waals surface area contributed by atoms with Gasteiger partial charge in [0.25, 0.3) is 0 Å². The summed E-state index contributed by atoms with van der Waals surface area (Å²) in [5, 5.41) is 0. The molecule has 1 saturated heterocycles. The molecule has 25 heavy (non-hydrogen) atoms. The summed E-state index contributed by atoms with van der Waals surface area (Å²) in [4.78, 5) is 29.5. The quantitative estimate of drug-likeness (QED) is 0.587. The highest BCUT2D eigenvalue weighted by Gasteiger charge is 2.53. The third kappa shape index (κ3) is 3.30. The second-order valence-corrected chi connectivity index (χ2v) is 7.50. The third-order valence-corrected chi connectivity index (χ3v) is 5.53. The van der Waals surface area contributed by atoms with Crippen LogP contribution in [0.2, 0.25) is 0 Å². The fourth-order valence-electron chi connectivity index (χ4n) is 4.19. The number of hydrogen-bond donors (Lipinski definition) is 0. The number of imide groups is 1. The Morgan fingerprint density at radius 2 is 2.04 bits per heavy atom. The van der Waals surface area contributed by atoms with Crippen LogP contribution in [0.5, 0.6) is 5.75 Å². The molecule has 1 atom stereocenters. The molecule has 1 aromatic carbocycles. The van der Waals surface area contributed by atoms with E-state index in [2.05, 4.69) is 4.90 Å². The monoisotopic (exact) mass is 344 g/mol. The first-order valence-electron chi connectivity index (χ1n) is 9.15. The van der Waals surface area contributed by atoms with Gasteiger partial charge >= 0.3 is 0 Å². The van der Waals surface area contributed by atoms with E-state index in [0.29, 0.717) is 13.0 Å². The van der Waals surface area contributed by atoms with Gasteiger partial charge in [0.2, 0.25) is 11.8 Å². The number of carbonyl (C=O) groups is 2. The minimum atomic E-state index is -0.666. The Labute approximate surface area is 149 Å². The van der Waals surface area contributed by atoms with Gasteiger partial charge in [-0.3, -0.25) is 14.5 Å². The number of unbranched alkanes of at least 4 members (excludes halogenated alkanes) is 1. The molecule has 0 N–H and O–H groups in total. The van der Waals surface area contributed by atoms with Crippen LogP contribution in [0.25, 0.3) is 0 Å². The fraction of sp³-hybridized carbons (Fsp3) is 0.600. The van der Waals surface area contributed by atoms with Crippen LogP contribution in [0.15, 0.2) is 18.2 Å². The van der Waals surface area contributed by atoms with Gasteiger partial charge in [-0.25, -0.2) is 0 Å². The van der Waals surface area contributed by atoms with Crippen molar-refractivity contribution in [2.24, 2.45) is 0 Å². The third-order valence-electron chi connectivity index (χ3n) is 5.53. The highest BCUT2D eigenvalue weighted by molar-refractivity contribution is 6.09. The first kappa shape index (κ1) is 17.9. The van der Waals surface area contributed by atoms with Crippen molar-refractivity contribution in [1.29, 1.82) is 0 Å². The van der Waals surface area contributed by atoms with Gasteiger partial charge in [-0.1, -0.05) is 6.07 Å². The van der Waals surface area contributed by atoms with E-state index in [9.17, 15) is 9.59 Å². The number of methoxy groups -OCH3 is 1. The SMILES string of the molecule is COc1ccc2c(c1)C1(CCC2)CC(=O)N(CCCCN(C)C)C1=O. The number of amides is 2. The summed E-state index contributed by atoms with van der Waals surface area (Å²) in [6.45, 7) is 1.51. The van der Waals surface area contributed by atoms with Crippen molar-refractivity contribution >= 4 is 11.8 Å². The Morgan fingerprint density at radius 3 is 2.76 bits per heavy atom. The summed E-state index contributed by atoms with van der Waals surface area (Å²) in [5.74, 6) is 0.729. The predicted octanol–water partition coefficient (Wildman–Crippen LogP) is 2.37. The number of fused-ring (bicyclic) bond motifs is 2. The second-order valence-electron chi connectivity index (χ2n) is 7.50. The highest BCUT2D eigenvalue weighted by Crippen LogP contribution is 2.46. The summed E-state index contributed by atoms with van der Waals surface area (Å²) in [6.07, 6.45) is 4.82. The van der Waals surface area contributed by atoms with Gasteiger partial charge in [-0.2, -0.15) is 0 Å². The molecule has 2 amide bonds. The molecule has 3 rings (SSSR count). The number of likely N-dealkylation sites (tertiary alicyclic amines) is 1. The zero-order valence-electron chi connectivity index (χ0n) is 15.5. The van der Waals surface area contributed by atoms with Crippen molar-refractivity contribution in [2.45, 2.75) is 43.9 Å². The molecule has 1 spiro atoms. The van der Waals surface area contributed by atoms with Crippen LogP contribution in [-0.2, 0) is 21.4 Å². The van der Waals surface area contributed by atoms with E-state index >= 15 is 0 Å². The van der Waals surface area contributed by atoms with Crippen molar-refractivity contribution in [3.8, 4) is 5.75 Å². The van der Waals surface area contributed by atoms with E-state index in [1.807, 2.05) is 32.3 Å². The lowest BCUT2D eigenvalue weighted by atomic mass is 9.69. The van der Waals surface area contributed by atoms with Gasteiger partial charge in [0.05, 0.1) is 12.5 Å².